The summed E-state index contributed by atoms with van der Waals surface area (Å²) in [6, 6.07) is 7.14. The minimum absolute atomic E-state index is 0.0250. The van der Waals surface area contributed by atoms with Crippen molar-refractivity contribution in [1.82, 2.24) is 4.98 Å². The first-order chi connectivity index (χ1) is 9.72. The van der Waals surface area contributed by atoms with E-state index in [2.05, 4.69) is 4.98 Å². The Labute approximate surface area is 116 Å². The van der Waals surface area contributed by atoms with Gasteiger partial charge in [-0.25, -0.2) is 4.79 Å². The number of hydrogen-bond acceptors (Lipinski definition) is 6. The molecule has 0 aliphatic rings. The summed E-state index contributed by atoms with van der Waals surface area (Å²) in [5, 5.41) is 8.82. The first kappa shape index (κ1) is 14.1. The van der Waals surface area contributed by atoms with Crippen LogP contribution in [0.25, 0.3) is 0 Å². The van der Waals surface area contributed by atoms with Crippen LogP contribution in [-0.2, 0) is 11.2 Å². The summed E-state index contributed by atoms with van der Waals surface area (Å²) in [6.07, 6.45) is 1.75. The van der Waals surface area contributed by atoms with Gasteiger partial charge >= 0.3 is 12.0 Å². The predicted molar refractivity (Wildman–Crippen MR) is 69.8 cm³/mol. The summed E-state index contributed by atoms with van der Waals surface area (Å²) in [7, 11) is 0. The third kappa shape index (κ3) is 3.58. The summed E-state index contributed by atoms with van der Waals surface area (Å²) >= 11 is 0. The highest BCUT2D eigenvalue weighted by Gasteiger charge is 2.14. The highest BCUT2D eigenvalue weighted by molar-refractivity contribution is 5.86. The maximum atomic E-state index is 11.4. The van der Waals surface area contributed by atoms with E-state index in [1.54, 1.807) is 19.1 Å². The molecule has 0 saturated carbocycles. The molecule has 1 N–H and O–H groups in total. The van der Waals surface area contributed by atoms with Gasteiger partial charge in [0.15, 0.2) is 5.69 Å². The van der Waals surface area contributed by atoms with Crippen LogP contribution in [0.1, 0.15) is 23.0 Å². The molecule has 0 radical (unpaired) electrons. The van der Waals surface area contributed by atoms with Crippen LogP contribution in [0.5, 0.6) is 11.8 Å². The third-order valence-electron chi connectivity index (χ3n) is 2.50. The van der Waals surface area contributed by atoms with Crippen molar-refractivity contribution in [3.05, 3.63) is 41.8 Å². The zero-order chi connectivity index (χ0) is 14.4. The summed E-state index contributed by atoms with van der Waals surface area (Å²) in [5.41, 5.74) is 1.07. The highest BCUT2D eigenvalue weighted by atomic mass is 16.6. The lowest BCUT2D eigenvalue weighted by Gasteiger charge is -2.02. The van der Waals surface area contributed by atoms with E-state index in [4.69, 9.17) is 19.0 Å². The first-order valence-corrected chi connectivity index (χ1v) is 6.23. The van der Waals surface area contributed by atoms with Crippen molar-refractivity contribution in [2.24, 2.45) is 0 Å². The largest absolute Gasteiger partial charge is 0.461 e. The van der Waals surface area contributed by atoms with Crippen molar-refractivity contribution in [3.63, 3.8) is 0 Å². The minimum Gasteiger partial charge on any atom is -0.461 e. The van der Waals surface area contributed by atoms with Crippen LogP contribution in [0.4, 0.5) is 0 Å². The second kappa shape index (κ2) is 6.72. The first-order valence-electron chi connectivity index (χ1n) is 6.23. The summed E-state index contributed by atoms with van der Waals surface area (Å²) in [6.45, 7) is 2.08. The molecule has 1 aromatic heterocycles. The molecular formula is C14H15NO5. The van der Waals surface area contributed by atoms with Crippen molar-refractivity contribution in [2.45, 2.75) is 13.3 Å². The third-order valence-corrected chi connectivity index (χ3v) is 2.50. The van der Waals surface area contributed by atoms with Gasteiger partial charge in [-0.15, -0.1) is 0 Å². The molecular weight excluding hydrogens is 262 g/mol. The molecule has 2 aromatic rings. The number of aromatic nitrogens is 1. The number of esters is 1. The molecule has 0 atom stereocenters. The van der Waals surface area contributed by atoms with E-state index in [0.717, 1.165) is 5.56 Å². The van der Waals surface area contributed by atoms with Gasteiger partial charge in [0.2, 0.25) is 0 Å². The Kier molecular flexibility index (Phi) is 4.73. The van der Waals surface area contributed by atoms with E-state index >= 15 is 0 Å². The number of benzene rings is 1. The number of hydrogen-bond donors (Lipinski definition) is 1. The number of carbonyl (C=O) groups is 1. The van der Waals surface area contributed by atoms with E-state index in [-0.39, 0.29) is 25.0 Å². The number of carbonyl (C=O) groups excluding carboxylic acids is 1. The molecule has 1 heterocycles. The molecule has 6 nitrogen and oxygen atoms in total. The molecule has 0 saturated heterocycles. The number of nitrogens with zero attached hydrogens (tertiary/aromatic N) is 1. The van der Waals surface area contributed by atoms with Gasteiger partial charge in [0.05, 0.1) is 6.61 Å². The maximum Gasteiger partial charge on any atom is 0.399 e. The predicted octanol–water partition coefficient (Wildman–Crippen LogP) is 2.18. The van der Waals surface area contributed by atoms with Crippen molar-refractivity contribution < 1.29 is 23.8 Å². The Bertz CT molecular complexity index is 561. The van der Waals surface area contributed by atoms with Crippen LogP contribution >= 0.6 is 0 Å². The standard InChI is InChI=1S/C14H15NO5/c1-2-18-13(17)12-9-19-14(15-12)20-11-5-3-10(4-6-11)7-8-16/h3-6,9,16H,2,7-8H2,1H3. The molecule has 0 aliphatic carbocycles. The number of aliphatic hydroxyl groups is 1. The normalized spacial score (nSPS) is 10.3. The average Bonchev–Trinajstić information content (AvgIpc) is 2.90. The second-order valence-electron chi connectivity index (χ2n) is 3.94. The second-order valence-corrected chi connectivity index (χ2v) is 3.94. The molecule has 0 aliphatic heterocycles. The van der Waals surface area contributed by atoms with Crippen molar-refractivity contribution >= 4 is 5.97 Å². The zero-order valence-corrected chi connectivity index (χ0v) is 11.0. The molecule has 2 rings (SSSR count). The smallest absolute Gasteiger partial charge is 0.399 e. The van der Waals surface area contributed by atoms with Gasteiger partial charge < -0.3 is 19.0 Å². The van der Waals surface area contributed by atoms with Gasteiger partial charge in [-0.2, -0.15) is 4.98 Å². The lowest BCUT2D eigenvalue weighted by atomic mass is 10.1. The Morgan fingerprint density at radius 3 is 2.75 bits per heavy atom. The van der Waals surface area contributed by atoms with E-state index in [9.17, 15) is 4.79 Å². The highest BCUT2D eigenvalue weighted by Crippen LogP contribution is 2.21. The fraction of sp³-hybridized carbons (Fsp3) is 0.286. The Morgan fingerprint density at radius 2 is 2.10 bits per heavy atom. The number of ether oxygens (including phenoxy) is 2. The Hall–Kier alpha value is -2.34. The van der Waals surface area contributed by atoms with Crippen molar-refractivity contribution in [1.29, 1.82) is 0 Å². The molecule has 20 heavy (non-hydrogen) atoms. The van der Waals surface area contributed by atoms with Crippen molar-refractivity contribution in [2.75, 3.05) is 13.2 Å². The minimum atomic E-state index is -0.551. The van der Waals surface area contributed by atoms with Gasteiger partial charge in [0.1, 0.15) is 12.0 Å². The van der Waals surface area contributed by atoms with Crippen LogP contribution in [-0.4, -0.2) is 29.3 Å². The van der Waals surface area contributed by atoms with Crippen LogP contribution < -0.4 is 4.74 Å². The van der Waals surface area contributed by atoms with Crippen LogP contribution in [0.3, 0.4) is 0 Å². The van der Waals surface area contributed by atoms with Gasteiger partial charge in [-0.1, -0.05) is 12.1 Å². The Morgan fingerprint density at radius 1 is 1.35 bits per heavy atom. The SMILES string of the molecule is CCOC(=O)c1coc(Oc2ccc(CCO)cc2)n1. The molecule has 6 heteroatoms. The van der Waals surface area contributed by atoms with Gasteiger partial charge in [-0.3, -0.25) is 0 Å². The van der Waals surface area contributed by atoms with E-state index in [1.165, 1.54) is 6.26 Å². The lowest BCUT2D eigenvalue weighted by Crippen LogP contribution is -2.04. The Balaban J connectivity index is 2.01. The fourth-order valence-electron chi connectivity index (χ4n) is 1.56. The van der Waals surface area contributed by atoms with Crippen LogP contribution in [0.15, 0.2) is 34.9 Å². The molecule has 106 valence electrons. The lowest BCUT2D eigenvalue weighted by molar-refractivity contribution is 0.0519. The molecule has 0 bridgehead atoms. The molecule has 0 unspecified atom stereocenters. The molecule has 0 spiro atoms. The quantitative estimate of drug-likeness (QED) is 0.815. The summed E-state index contributed by atoms with van der Waals surface area (Å²) < 4.78 is 15.2. The molecule has 1 aromatic carbocycles. The van der Waals surface area contributed by atoms with Gasteiger partial charge in [0.25, 0.3) is 0 Å². The van der Waals surface area contributed by atoms with E-state index < -0.39 is 5.97 Å². The van der Waals surface area contributed by atoms with E-state index in [1.807, 2.05) is 12.1 Å². The van der Waals surface area contributed by atoms with Crippen LogP contribution in [0, 0.1) is 0 Å². The molecule has 0 fully saturated rings. The number of oxazole rings is 1. The fourth-order valence-corrected chi connectivity index (χ4v) is 1.56. The summed E-state index contributed by atoms with van der Waals surface area (Å²) in [5.74, 6) is -0.0201. The zero-order valence-electron chi connectivity index (χ0n) is 11.0. The van der Waals surface area contributed by atoms with Gasteiger partial charge in [0, 0.05) is 6.61 Å². The maximum absolute atomic E-state index is 11.4. The average molecular weight is 277 g/mol. The monoisotopic (exact) mass is 277 g/mol. The topological polar surface area (TPSA) is 81.8 Å². The molecule has 0 amide bonds. The van der Waals surface area contributed by atoms with Gasteiger partial charge in [-0.05, 0) is 31.0 Å². The van der Waals surface area contributed by atoms with Crippen LogP contribution in [0.2, 0.25) is 0 Å². The van der Waals surface area contributed by atoms with E-state index in [0.29, 0.717) is 12.2 Å². The van der Waals surface area contributed by atoms with Crippen molar-refractivity contribution in [3.8, 4) is 11.8 Å². The number of aliphatic hydroxyl groups excluding tert-OH is 1. The number of rotatable bonds is 6. The summed E-state index contributed by atoms with van der Waals surface area (Å²) in [4.78, 5) is 15.3.